The first-order valence-electron chi connectivity index (χ1n) is 9.22. The van der Waals surface area contributed by atoms with Crippen LogP contribution in [-0.2, 0) is 9.59 Å². The number of thioether (sulfide) groups is 1. The lowest BCUT2D eigenvalue weighted by molar-refractivity contribution is -0.115. The van der Waals surface area contributed by atoms with Gasteiger partial charge in [-0.1, -0.05) is 36.0 Å². The number of allylic oxidation sites excluding steroid dienone is 2. The van der Waals surface area contributed by atoms with Crippen LogP contribution in [0.1, 0.15) is 24.0 Å². The molecule has 152 valence electrons. The first kappa shape index (κ1) is 21.1. The van der Waals surface area contributed by atoms with Crippen molar-refractivity contribution in [2.24, 2.45) is 5.73 Å². The molecule has 0 bridgehead atoms. The smallest absolute Gasteiger partial charge is 0.254 e. The Hall–Kier alpha value is -3.57. The van der Waals surface area contributed by atoms with Crippen molar-refractivity contribution in [3.8, 4) is 6.07 Å². The van der Waals surface area contributed by atoms with Gasteiger partial charge in [0.25, 0.3) is 5.91 Å². The maximum absolute atomic E-state index is 13.3. The number of carbonyl (C=O) groups is 2. The molecule has 2 aromatic rings. The number of nitrogens with two attached hydrogens (primary N) is 1. The van der Waals surface area contributed by atoms with Crippen LogP contribution in [0, 0.1) is 18.3 Å². The van der Waals surface area contributed by atoms with E-state index in [1.807, 2.05) is 37.3 Å². The van der Waals surface area contributed by atoms with E-state index in [0.717, 1.165) is 17.3 Å². The van der Waals surface area contributed by atoms with Crippen molar-refractivity contribution < 1.29 is 9.59 Å². The molecule has 0 radical (unpaired) electrons. The van der Waals surface area contributed by atoms with Gasteiger partial charge in [-0.25, -0.2) is 0 Å². The highest BCUT2D eigenvalue weighted by Crippen LogP contribution is 2.40. The predicted octanol–water partition coefficient (Wildman–Crippen LogP) is 2.94. The van der Waals surface area contributed by atoms with E-state index in [9.17, 15) is 14.9 Å². The Morgan fingerprint density at radius 2 is 2.03 bits per heavy atom. The second-order valence-corrected chi connectivity index (χ2v) is 7.75. The van der Waals surface area contributed by atoms with Crippen molar-refractivity contribution in [1.82, 2.24) is 10.3 Å². The Bertz CT molecular complexity index is 1090. The minimum atomic E-state index is -0.621. The lowest BCUT2D eigenvalue weighted by Gasteiger charge is -2.29. The summed E-state index contributed by atoms with van der Waals surface area (Å²) in [7, 11) is 0. The van der Waals surface area contributed by atoms with Crippen LogP contribution in [0.25, 0.3) is 0 Å². The van der Waals surface area contributed by atoms with Gasteiger partial charge in [-0.2, -0.15) is 5.26 Å². The highest BCUT2D eigenvalue weighted by atomic mass is 32.2. The Morgan fingerprint density at radius 1 is 1.27 bits per heavy atom. The van der Waals surface area contributed by atoms with Crippen molar-refractivity contribution in [1.29, 1.82) is 5.26 Å². The largest absolute Gasteiger partial charge is 0.369 e. The van der Waals surface area contributed by atoms with Crippen molar-refractivity contribution >= 4 is 29.3 Å². The summed E-state index contributed by atoms with van der Waals surface area (Å²) in [5.74, 6) is -1.40. The van der Waals surface area contributed by atoms with Crippen LogP contribution in [0.3, 0.4) is 0 Å². The van der Waals surface area contributed by atoms with Gasteiger partial charge in [0.15, 0.2) is 0 Å². The number of hydrogen-bond donors (Lipinski definition) is 3. The summed E-state index contributed by atoms with van der Waals surface area (Å²) in [5.41, 5.74) is 8.97. The standard InChI is InChI=1S/C22H21N5O2S/c1-13-6-3-4-8-17(13)27-21(29)19-14(2)26-22(30-12-18(24)28)16(10-23)20(19)15-7-5-9-25-11-15/h3-9,11,20,26H,12H2,1-2H3,(H2,24,28)(H,27,29)/t20-/m0/s1. The number of nitrogens with one attached hydrogen (secondary N) is 2. The van der Waals surface area contributed by atoms with Gasteiger partial charge in [0, 0.05) is 29.4 Å². The summed E-state index contributed by atoms with van der Waals surface area (Å²) in [4.78, 5) is 28.7. The van der Waals surface area contributed by atoms with Crippen molar-refractivity contribution in [3.63, 3.8) is 0 Å². The Morgan fingerprint density at radius 3 is 2.67 bits per heavy atom. The molecule has 0 saturated heterocycles. The second-order valence-electron chi connectivity index (χ2n) is 6.76. The fourth-order valence-corrected chi connectivity index (χ4v) is 4.08. The van der Waals surface area contributed by atoms with Crippen LogP contribution in [0.4, 0.5) is 5.69 Å². The molecule has 1 aliphatic heterocycles. The number of rotatable bonds is 6. The molecule has 1 atom stereocenters. The fraction of sp³-hybridized carbons (Fsp3) is 0.182. The SMILES string of the molecule is CC1=C(C(=O)Nc2ccccc2C)[C@@H](c2cccnc2)C(C#N)=C(SCC(N)=O)N1. The van der Waals surface area contributed by atoms with E-state index >= 15 is 0 Å². The molecule has 1 aromatic carbocycles. The number of aromatic nitrogens is 1. The molecule has 7 nitrogen and oxygen atoms in total. The van der Waals surface area contributed by atoms with E-state index in [-0.39, 0.29) is 11.7 Å². The minimum Gasteiger partial charge on any atom is -0.369 e. The first-order valence-corrected chi connectivity index (χ1v) is 10.2. The maximum atomic E-state index is 13.3. The number of para-hydroxylation sites is 1. The number of nitrogens with zero attached hydrogens (tertiary/aromatic N) is 2. The number of hydrogen-bond acceptors (Lipinski definition) is 6. The van der Waals surface area contributed by atoms with Crippen LogP contribution in [-0.4, -0.2) is 22.6 Å². The number of primary amides is 1. The molecule has 0 aliphatic carbocycles. The highest BCUT2D eigenvalue weighted by Gasteiger charge is 2.35. The molecule has 1 aliphatic rings. The molecule has 0 unspecified atom stereocenters. The Kier molecular flexibility index (Phi) is 6.54. The lowest BCUT2D eigenvalue weighted by atomic mass is 9.82. The fourth-order valence-electron chi connectivity index (χ4n) is 3.25. The maximum Gasteiger partial charge on any atom is 0.254 e. The van der Waals surface area contributed by atoms with Crippen LogP contribution >= 0.6 is 11.8 Å². The Balaban J connectivity index is 2.05. The van der Waals surface area contributed by atoms with E-state index in [4.69, 9.17) is 5.73 Å². The quantitative estimate of drug-likeness (QED) is 0.662. The number of pyridine rings is 1. The second kappa shape index (κ2) is 9.29. The van der Waals surface area contributed by atoms with Gasteiger partial charge in [0.2, 0.25) is 5.91 Å². The molecule has 2 amide bonds. The predicted molar refractivity (Wildman–Crippen MR) is 117 cm³/mol. The van der Waals surface area contributed by atoms with Gasteiger partial charge in [0.05, 0.1) is 28.3 Å². The zero-order chi connectivity index (χ0) is 21.7. The summed E-state index contributed by atoms with van der Waals surface area (Å²) in [6.45, 7) is 3.68. The normalized spacial score (nSPS) is 16.0. The molecule has 0 spiro atoms. The summed E-state index contributed by atoms with van der Waals surface area (Å²) in [6, 6.07) is 13.3. The molecule has 30 heavy (non-hydrogen) atoms. The van der Waals surface area contributed by atoms with Crippen molar-refractivity contribution in [2.45, 2.75) is 19.8 Å². The third kappa shape index (κ3) is 4.53. The summed E-state index contributed by atoms with van der Waals surface area (Å²) in [6.07, 6.45) is 3.27. The average Bonchev–Trinajstić information content (AvgIpc) is 2.73. The highest BCUT2D eigenvalue weighted by molar-refractivity contribution is 8.03. The summed E-state index contributed by atoms with van der Waals surface area (Å²) >= 11 is 1.15. The van der Waals surface area contributed by atoms with Gasteiger partial charge >= 0.3 is 0 Å². The molecular formula is C22H21N5O2S. The van der Waals surface area contributed by atoms with Crippen LogP contribution in [0.5, 0.6) is 0 Å². The third-order valence-corrected chi connectivity index (χ3v) is 5.70. The molecule has 0 fully saturated rings. The Labute approximate surface area is 179 Å². The van der Waals surface area contributed by atoms with Crippen molar-refractivity contribution in [2.75, 3.05) is 11.1 Å². The number of anilines is 1. The monoisotopic (exact) mass is 419 g/mol. The number of carbonyl (C=O) groups excluding carboxylic acids is 2. The van der Waals surface area contributed by atoms with Gasteiger partial charge < -0.3 is 16.4 Å². The topological polar surface area (TPSA) is 121 Å². The number of amides is 2. The minimum absolute atomic E-state index is 0.0191. The van der Waals surface area contributed by atoms with E-state index in [2.05, 4.69) is 21.7 Å². The van der Waals surface area contributed by atoms with E-state index in [1.165, 1.54) is 0 Å². The zero-order valence-corrected chi connectivity index (χ0v) is 17.4. The molecule has 3 rings (SSSR count). The number of dihydropyridines is 1. The van der Waals surface area contributed by atoms with Gasteiger partial charge in [0.1, 0.15) is 0 Å². The van der Waals surface area contributed by atoms with E-state index < -0.39 is 11.8 Å². The molecule has 2 heterocycles. The zero-order valence-electron chi connectivity index (χ0n) is 16.6. The number of aryl methyl sites for hydroxylation is 1. The third-order valence-electron chi connectivity index (χ3n) is 4.66. The molecule has 4 N–H and O–H groups in total. The van der Waals surface area contributed by atoms with Crippen LogP contribution in [0.2, 0.25) is 0 Å². The summed E-state index contributed by atoms with van der Waals surface area (Å²) in [5, 5.41) is 16.5. The van der Waals surface area contributed by atoms with Gasteiger partial charge in [-0.05, 0) is 37.1 Å². The van der Waals surface area contributed by atoms with Crippen molar-refractivity contribution in [3.05, 3.63) is 81.8 Å². The van der Waals surface area contributed by atoms with Crippen LogP contribution < -0.4 is 16.4 Å². The number of benzene rings is 1. The van der Waals surface area contributed by atoms with Gasteiger partial charge in [-0.3, -0.25) is 14.6 Å². The lowest BCUT2D eigenvalue weighted by Crippen LogP contribution is -2.31. The summed E-state index contributed by atoms with van der Waals surface area (Å²) < 4.78 is 0. The van der Waals surface area contributed by atoms with E-state index in [0.29, 0.717) is 33.1 Å². The molecule has 8 heteroatoms. The van der Waals surface area contributed by atoms with E-state index in [1.54, 1.807) is 25.4 Å². The molecule has 1 aromatic heterocycles. The number of nitriles is 1. The molecular weight excluding hydrogens is 398 g/mol. The van der Waals surface area contributed by atoms with Gasteiger partial charge in [-0.15, -0.1) is 0 Å². The molecule has 0 saturated carbocycles. The van der Waals surface area contributed by atoms with Crippen LogP contribution in [0.15, 0.2) is 70.7 Å². The average molecular weight is 420 g/mol. The first-order chi connectivity index (χ1) is 14.4.